The fraction of sp³-hybridized carbons (Fsp3) is 0.667. The number of aromatic nitrogens is 1. The minimum absolute atomic E-state index is 0.0187. The number of hydrogen-bond acceptors (Lipinski definition) is 3. The maximum absolute atomic E-state index is 12.9. The number of nitrogens with one attached hydrogen (secondary N) is 1. The van der Waals surface area contributed by atoms with Gasteiger partial charge in [-0.25, -0.2) is 4.39 Å². The van der Waals surface area contributed by atoms with E-state index in [0.717, 1.165) is 5.69 Å². The molecule has 0 radical (unpaired) electrons. The van der Waals surface area contributed by atoms with Crippen LogP contribution in [0.4, 0.5) is 4.39 Å². The van der Waals surface area contributed by atoms with Crippen LogP contribution >= 0.6 is 0 Å². The van der Waals surface area contributed by atoms with Gasteiger partial charge < -0.3 is 10.4 Å². The summed E-state index contributed by atoms with van der Waals surface area (Å²) in [5, 5.41) is 13.7. The molecular weight excluding hydrogens is 243 g/mol. The molecule has 0 bridgehead atoms. The van der Waals surface area contributed by atoms with Crippen LogP contribution in [-0.2, 0) is 0 Å². The summed E-state index contributed by atoms with van der Waals surface area (Å²) < 4.78 is 12.9. The van der Waals surface area contributed by atoms with Gasteiger partial charge in [0.15, 0.2) is 0 Å². The minimum Gasteiger partial charge on any atom is -0.389 e. The Morgan fingerprint density at radius 2 is 1.95 bits per heavy atom. The van der Waals surface area contributed by atoms with Crippen molar-refractivity contribution in [3.8, 4) is 0 Å². The second kappa shape index (κ2) is 6.96. The molecule has 1 aromatic rings. The highest BCUT2D eigenvalue weighted by Crippen LogP contribution is 2.22. The molecule has 0 saturated heterocycles. The summed E-state index contributed by atoms with van der Waals surface area (Å²) in [5.41, 5.74) is 0.124. The third kappa shape index (κ3) is 4.55. The number of halogens is 1. The third-order valence-electron chi connectivity index (χ3n) is 3.70. The van der Waals surface area contributed by atoms with E-state index >= 15 is 0 Å². The van der Waals surface area contributed by atoms with E-state index < -0.39 is 5.60 Å². The standard InChI is InChI=1S/C15H25FN2O/c1-5-15(19,6-2)10-18-14(11(3)4)13-8-7-12(16)9-17-13/h7-9,11,14,18-19H,5-6,10H2,1-4H3. The van der Waals surface area contributed by atoms with Crippen LogP contribution in [0.5, 0.6) is 0 Å². The molecule has 19 heavy (non-hydrogen) atoms. The molecule has 1 atom stereocenters. The van der Waals surface area contributed by atoms with Gasteiger partial charge in [-0.05, 0) is 30.9 Å². The Morgan fingerprint density at radius 3 is 2.37 bits per heavy atom. The molecule has 3 nitrogen and oxygen atoms in total. The van der Waals surface area contributed by atoms with Crippen molar-refractivity contribution in [2.45, 2.75) is 52.2 Å². The molecule has 0 aliphatic carbocycles. The lowest BCUT2D eigenvalue weighted by Crippen LogP contribution is -2.42. The maximum atomic E-state index is 12.9. The van der Waals surface area contributed by atoms with E-state index in [-0.39, 0.29) is 11.9 Å². The van der Waals surface area contributed by atoms with Crippen LogP contribution in [0.1, 0.15) is 52.3 Å². The van der Waals surface area contributed by atoms with Crippen LogP contribution in [-0.4, -0.2) is 22.2 Å². The fourth-order valence-corrected chi connectivity index (χ4v) is 2.05. The van der Waals surface area contributed by atoms with Crippen molar-refractivity contribution < 1.29 is 9.50 Å². The van der Waals surface area contributed by atoms with Crippen molar-refractivity contribution in [2.75, 3.05) is 6.54 Å². The normalized spacial score (nSPS) is 13.8. The number of aliphatic hydroxyl groups is 1. The molecule has 1 unspecified atom stereocenters. The first kappa shape index (κ1) is 16.1. The van der Waals surface area contributed by atoms with Crippen molar-refractivity contribution in [2.24, 2.45) is 5.92 Å². The molecule has 0 saturated carbocycles. The van der Waals surface area contributed by atoms with Gasteiger partial charge >= 0.3 is 0 Å². The van der Waals surface area contributed by atoms with Crippen molar-refractivity contribution in [1.29, 1.82) is 0 Å². The molecule has 0 fully saturated rings. The fourth-order valence-electron chi connectivity index (χ4n) is 2.05. The smallest absolute Gasteiger partial charge is 0.141 e. The lowest BCUT2D eigenvalue weighted by molar-refractivity contribution is 0.0281. The van der Waals surface area contributed by atoms with Gasteiger partial charge in [-0.2, -0.15) is 0 Å². The average molecular weight is 268 g/mol. The quantitative estimate of drug-likeness (QED) is 0.799. The largest absolute Gasteiger partial charge is 0.389 e. The van der Waals surface area contributed by atoms with E-state index in [1.165, 1.54) is 12.3 Å². The zero-order valence-electron chi connectivity index (χ0n) is 12.3. The Balaban J connectivity index is 2.76. The van der Waals surface area contributed by atoms with Gasteiger partial charge in [0.2, 0.25) is 0 Å². The highest BCUT2D eigenvalue weighted by Gasteiger charge is 2.25. The van der Waals surface area contributed by atoms with Gasteiger partial charge in [0.1, 0.15) is 5.82 Å². The van der Waals surface area contributed by atoms with Crippen LogP contribution < -0.4 is 5.32 Å². The predicted molar refractivity (Wildman–Crippen MR) is 75.3 cm³/mol. The van der Waals surface area contributed by atoms with E-state index in [1.54, 1.807) is 6.07 Å². The minimum atomic E-state index is -0.687. The molecule has 1 heterocycles. The summed E-state index contributed by atoms with van der Waals surface area (Å²) in [6, 6.07) is 3.14. The Morgan fingerprint density at radius 1 is 1.32 bits per heavy atom. The van der Waals surface area contributed by atoms with Crippen LogP contribution in [0.15, 0.2) is 18.3 Å². The lowest BCUT2D eigenvalue weighted by Gasteiger charge is -2.30. The second-order valence-electron chi connectivity index (χ2n) is 5.44. The second-order valence-corrected chi connectivity index (χ2v) is 5.44. The molecule has 1 rings (SSSR count). The molecule has 0 aliphatic rings. The Hall–Kier alpha value is -1.00. The first-order valence-electron chi connectivity index (χ1n) is 6.99. The SMILES string of the molecule is CCC(O)(CC)CNC(c1ccc(F)cn1)C(C)C. The zero-order chi connectivity index (χ0) is 14.5. The highest BCUT2D eigenvalue weighted by molar-refractivity contribution is 5.10. The van der Waals surface area contributed by atoms with E-state index in [4.69, 9.17) is 0 Å². The van der Waals surface area contributed by atoms with Gasteiger partial charge in [0.25, 0.3) is 0 Å². The molecule has 0 aromatic carbocycles. The molecule has 0 spiro atoms. The van der Waals surface area contributed by atoms with E-state index in [1.807, 2.05) is 13.8 Å². The van der Waals surface area contributed by atoms with Gasteiger partial charge in [-0.15, -0.1) is 0 Å². The van der Waals surface area contributed by atoms with Crippen molar-refractivity contribution in [3.05, 3.63) is 29.8 Å². The average Bonchev–Trinajstić information content (AvgIpc) is 2.40. The zero-order valence-corrected chi connectivity index (χ0v) is 12.3. The number of rotatable bonds is 7. The van der Waals surface area contributed by atoms with Gasteiger partial charge in [-0.3, -0.25) is 4.98 Å². The summed E-state index contributed by atoms with van der Waals surface area (Å²) in [4.78, 5) is 4.13. The molecule has 0 aliphatic heterocycles. The molecule has 1 aromatic heterocycles. The monoisotopic (exact) mass is 268 g/mol. The Bertz CT molecular complexity index is 374. The Kier molecular flexibility index (Phi) is 5.88. The van der Waals surface area contributed by atoms with Crippen molar-refractivity contribution in [1.82, 2.24) is 10.3 Å². The topological polar surface area (TPSA) is 45.1 Å². The summed E-state index contributed by atoms with van der Waals surface area (Å²) in [6.07, 6.45) is 2.65. The number of pyridine rings is 1. The van der Waals surface area contributed by atoms with Gasteiger partial charge in [-0.1, -0.05) is 27.7 Å². The van der Waals surface area contributed by atoms with Crippen LogP contribution in [0, 0.1) is 11.7 Å². The lowest BCUT2D eigenvalue weighted by atomic mass is 9.94. The van der Waals surface area contributed by atoms with Gasteiger partial charge in [0, 0.05) is 6.54 Å². The maximum Gasteiger partial charge on any atom is 0.141 e. The molecule has 4 heteroatoms. The van der Waals surface area contributed by atoms with Crippen LogP contribution in [0.3, 0.4) is 0 Å². The van der Waals surface area contributed by atoms with E-state index in [2.05, 4.69) is 24.1 Å². The van der Waals surface area contributed by atoms with Crippen molar-refractivity contribution >= 4 is 0 Å². The summed E-state index contributed by atoms with van der Waals surface area (Å²) in [5.74, 6) is -0.0131. The number of hydrogen-bond donors (Lipinski definition) is 2. The van der Waals surface area contributed by atoms with E-state index in [9.17, 15) is 9.50 Å². The summed E-state index contributed by atoms with van der Waals surface area (Å²) in [7, 11) is 0. The molecular formula is C15H25FN2O. The first-order valence-corrected chi connectivity index (χ1v) is 6.99. The van der Waals surface area contributed by atoms with Crippen LogP contribution in [0.25, 0.3) is 0 Å². The predicted octanol–water partition coefficient (Wildman–Crippen LogP) is 3.06. The first-order chi connectivity index (χ1) is 8.91. The number of nitrogens with zero attached hydrogens (tertiary/aromatic N) is 1. The Labute approximate surface area is 115 Å². The third-order valence-corrected chi connectivity index (χ3v) is 3.70. The molecule has 2 N–H and O–H groups in total. The molecule has 0 amide bonds. The molecule has 108 valence electrons. The highest BCUT2D eigenvalue weighted by atomic mass is 19.1. The summed E-state index contributed by atoms with van der Waals surface area (Å²) >= 11 is 0. The van der Waals surface area contributed by atoms with Crippen molar-refractivity contribution in [3.63, 3.8) is 0 Å². The van der Waals surface area contributed by atoms with Gasteiger partial charge in [0.05, 0.1) is 23.5 Å². The van der Waals surface area contributed by atoms with Crippen LogP contribution in [0.2, 0.25) is 0 Å². The van der Waals surface area contributed by atoms with E-state index in [0.29, 0.717) is 25.3 Å². The summed E-state index contributed by atoms with van der Waals surface area (Å²) in [6.45, 7) is 8.64.